The lowest BCUT2D eigenvalue weighted by Gasteiger charge is -2.18. The van der Waals surface area contributed by atoms with Crippen molar-refractivity contribution in [3.8, 4) is 5.75 Å². The number of methoxy groups -OCH3 is 1. The van der Waals surface area contributed by atoms with E-state index in [1.165, 1.54) is 18.1 Å². The highest BCUT2D eigenvalue weighted by molar-refractivity contribution is 6.32. The molecule has 0 saturated carbocycles. The molecule has 2 aliphatic rings. The Bertz CT molecular complexity index is 612. The molecule has 1 aliphatic carbocycles. The van der Waals surface area contributed by atoms with Crippen LogP contribution in [0.3, 0.4) is 0 Å². The SMILES string of the molecule is COc1cc(N2[C]C3=C(CCCC3)C2=O)c(F)cc1Cl. The average molecular weight is 294 g/mol. The summed E-state index contributed by atoms with van der Waals surface area (Å²) in [6, 6.07) is 2.59. The third-order valence-electron chi connectivity index (χ3n) is 3.64. The monoisotopic (exact) mass is 293 g/mol. The van der Waals surface area contributed by atoms with Gasteiger partial charge < -0.3 is 4.74 Å². The summed E-state index contributed by atoms with van der Waals surface area (Å²) < 4.78 is 19.2. The van der Waals surface area contributed by atoms with Gasteiger partial charge in [-0.3, -0.25) is 9.69 Å². The van der Waals surface area contributed by atoms with Gasteiger partial charge in [-0.2, -0.15) is 0 Å². The fourth-order valence-corrected chi connectivity index (χ4v) is 2.83. The van der Waals surface area contributed by atoms with Crippen LogP contribution >= 0.6 is 11.6 Å². The van der Waals surface area contributed by atoms with Crippen molar-refractivity contribution in [2.45, 2.75) is 25.7 Å². The number of benzene rings is 1. The second-order valence-electron chi connectivity index (χ2n) is 4.85. The van der Waals surface area contributed by atoms with Gasteiger partial charge in [0.05, 0.1) is 17.8 Å². The van der Waals surface area contributed by atoms with Crippen LogP contribution < -0.4 is 9.64 Å². The van der Waals surface area contributed by atoms with Crippen molar-refractivity contribution in [1.29, 1.82) is 0 Å². The molecule has 0 saturated heterocycles. The Balaban J connectivity index is 1.97. The predicted octanol–water partition coefficient (Wildman–Crippen LogP) is 3.74. The number of ether oxygens (including phenoxy) is 1. The molecule has 1 heterocycles. The van der Waals surface area contributed by atoms with Gasteiger partial charge in [0.15, 0.2) is 0 Å². The average Bonchev–Trinajstić information content (AvgIpc) is 2.77. The second kappa shape index (κ2) is 5.09. The number of anilines is 1. The molecule has 2 radical (unpaired) electrons. The minimum atomic E-state index is -0.559. The minimum Gasteiger partial charge on any atom is -0.495 e. The maximum Gasteiger partial charge on any atom is 0.255 e. The zero-order valence-electron chi connectivity index (χ0n) is 11.0. The topological polar surface area (TPSA) is 29.5 Å². The molecular weight excluding hydrogens is 281 g/mol. The molecule has 5 heteroatoms. The van der Waals surface area contributed by atoms with E-state index >= 15 is 0 Å². The molecule has 20 heavy (non-hydrogen) atoms. The van der Waals surface area contributed by atoms with Crippen LogP contribution in [0.15, 0.2) is 23.3 Å². The quantitative estimate of drug-likeness (QED) is 0.831. The van der Waals surface area contributed by atoms with Crippen LogP contribution in [-0.2, 0) is 4.79 Å². The second-order valence-corrected chi connectivity index (χ2v) is 5.26. The molecule has 3 nitrogen and oxygen atoms in total. The Morgan fingerprint density at radius 1 is 1.35 bits per heavy atom. The van der Waals surface area contributed by atoms with Crippen molar-refractivity contribution in [3.05, 3.63) is 40.7 Å². The summed E-state index contributed by atoms with van der Waals surface area (Å²) in [6.45, 7) is 3.00. The maximum atomic E-state index is 14.1. The summed E-state index contributed by atoms with van der Waals surface area (Å²) in [6.07, 6.45) is 3.60. The highest BCUT2D eigenvalue weighted by Gasteiger charge is 2.35. The van der Waals surface area contributed by atoms with E-state index < -0.39 is 5.82 Å². The minimum absolute atomic E-state index is 0.130. The van der Waals surface area contributed by atoms with E-state index in [1.54, 1.807) is 0 Å². The molecule has 0 spiro atoms. The molecule has 0 N–H and O–H groups in total. The lowest BCUT2D eigenvalue weighted by atomic mass is 9.94. The number of hydrogen-bond acceptors (Lipinski definition) is 2. The van der Waals surface area contributed by atoms with Gasteiger partial charge in [-0.05, 0) is 37.3 Å². The van der Waals surface area contributed by atoms with Crippen molar-refractivity contribution in [2.24, 2.45) is 0 Å². The number of carbonyl (C=O) groups excluding carboxylic acids is 1. The number of halogens is 2. The Morgan fingerprint density at radius 3 is 2.80 bits per heavy atom. The normalized spacial score (nSPS) is 18.6. The lowest BCUT2D eigenvalue weighted by molar-refractivity contribution is -0.114. The Labute approximate surface area is 122 Å². The van der Waals surface area contributed by atoms with Crippen LogP contribution in [0.4, 0.5) is 10.1 Å². The lowest BCUT2D eigenvalue weighted by Crippen LogP contribution is -2.24. The van der Waals surface area contributed by atoms with E-state index in [-0.39, 0.29) is 16.6 Å². The molecule has 104 valence electrons. The van der Waals surface area contributed by atoms with Gasteiger partial charge in [0.2, 0.25) is 0 Å². The Morgan fingerprint density at radius 2 is 2.10 bits per heavy atom. The summed E-state index contributed by atoms with van der Waals surface area (Å²) in [5, 5.41) is 0.179. The highest BCUT2D eigenvalue weighted by Crippen LogP contribution is 2.40. The van der Waals surface area contributed by atoms with Gasteiger partial charge in [-0.15, -0.1) is 0 Å². The van der Waals surface area contributed by atoms with Crippen molar-refractivity contribution < 1.29 is 13.9 Å². The number of carbonyl (C=O) groups is 1. The molecule has 1 amide bonds. The molecule has 3 rings (SSSR count). The molecular formula is C15H13ClFNO2. The largest absolute Gasteiger partial charge is 0.495 e. The summed E-state index contributed by atoms with van der Waals surface area (Å²) >= 11 is 5.87. The highest BCUT2D eigenvalue weighted by atomic mass is 35.5. The van der Waals surface area contributed by atoms with Crippen molar-refractivity contribution in [2.75, 3.05) is 12.0 Å². The first-order chi connectivity index (χ1) is 9.61. The van der Waals surface area contributed by atoms with Crippen LogP contribution in [-0.4, -0.2) is 13.0 Å². The summed E-state index contributed by atoms with van der Waals surface area (Å²) in [5.41, 5.74) is 1.78. The zero-order chi connectivity index (χ0) is 14.3. The smallest absolute Gasteiger partial charge is 0.255 e. The van der Waals surface area contributed by atoms with Crippen LogP contribution in [0.5, 0.6) is 5.75 Å². The van der Waals surface area contributed by atoms with Gasteiger partial charge in [0.25, 0.3) is 5.91 Å². The first-order valence-corrected chi connectivity index (χ1v) is 6.86. The van der Waals surface area contributed by atoms with Crippen LogP contribution in [0.2, 0.25) is 5.02 Å². The van der Waals surface area contributed by atoms with E-state index in [1.807, 2.05) is 0 Å². The summed E-state index contributed by atoms with van der Waals surface area (Å²) in [5.74, 6) is -0.415. The molecule has 0 aromatic heterocycles. The molecule has 0 fully saturated rings. The third-order valence-corrected chi connectivity index (χ3v) is 3.93. The van der Waals surface area contributed by atoms with E-state index in [0.29, 0.717) is 5.75 Å². The van der Waals surface area contributed by atoms with Gasteiger partial charge >= 0.3 is 0 Å². The first kappa shape index (κ1) is 13.4. The van der Waals surface area contributed by atoms with E-state index in [0.717, 1.165) is 42.9 Å². The zero-order valence-corrected chi connectivity index (χ0v) is 11.8. The van der Waals surface area contributed by atoms with Gasteiger partial charge in [0, 0.05) is 11.6 Å². The van der Waals surface area contributed by atoms with Crippen LogP contribution in [0.25, 0.3) is 0 Å². The molecule has 0 unspecified atom stereocenters. The van der Waals surface area contributed by atoms with Crippen LogP contribution in [0.1, 0.15) is 25.7 Å². The molecule has 1 aromatic rings. The van der Waals surface area contributed by atoms with Gasteiger partial charge in [-0.1, -0.05) is 11.6 Å². The Hall–Kier alpha value is -1.55. The number of rotatable bonds is 2. The van der Waals surface area contributed by atoms with Gasteiger partial charge in [-0.25, -0.2) is 4.39 Å². The van der Waals surface area contributed by atoms with Crippen molar-refractivity contribution in [1.82, 2.24) is 0 Å². The maximum absolute atomic E-state index is 14.1. The van der Waals surface area contributed by atoms with E-state index in [4.69, 9.17) is 16.3 Å². The fraction of sp³-hybridized carbons (Fsp3) is 0.333. The number of nitrogens with zero attached hydrogens (tertiary/aromatic N) is 1. The molecule has 1 aliphatic heterocycles. The van der Waals surface area contributed by atoms with Crippen molar-refractivity contribution in [3.63, 3.8) is 0 Å². The number of hydrogen-bond donors (Lipinski definition) is 0. The predicted molar refractivity (Wildman–Crippen MR) is 74.2 cm³/mol. The van der Waals surface area contributed by atoms with Crippen LogP contribution in [0, 0.1) is 12.4 Å². The number of amides is 1. The molecule has 0 atom stereocenters. The summed E-state index contributed by atoms with van der Waals surface area (Å²) in [4.78, 5) is 13.6. The first-order valence-electron chi connectivity index (χ1n) is 6.48. The van der Waals surface area contributed by atoms with Gasteiger partial charge in [0.1, 0.15) is 18.1 Å². The summed E-state index contributed by atoms with van der Waals surface area (Å²) in [7, 11) is 1.45. The molecule has 0 bridgehead atoms. The molecule has 1 aromatic carbocycles. The standard InChI is InChI=1S/C15H13ClFNO2/c1-20-14-7-13(12(17)6-11(14)16)18-8-9-4-2-3-5-10(9)15(18)19/h6-7H,2-5H2,1H3. The fourth-order valence-electron chi connectivity index (χ4n) is 2.60. The van der Waals surface area contributed by atoms with Crippen molar-refractivity contribution >= 4 is 23.2 Å². The van der Waals surface area contributed by atoms with E-state index in [2.05, 4.69) is 6.54 Å². The third kappa shape index (κ3) is 2.08. The Kier molecular flexibility index (Phi) is 3.42. The van der Waals surface area contributed by atoms with E-state index in [9.17, 15) is 9.18 Å².